The summed E-state index contributed by atoms with van der Waals surface area (Å²) >= 11 is 0. The number of hydrogen-bond acceptors (Lipinski definition) is 6. The van der Waals surface area contributed by atoms with E-state index in [2.05, 4.69) is 32.5 Å². The molecule has 5 rings (SSSR count). The van der Waals surface area contributed by atoms with Gasteiger partial charge in [0.15, 0.2) is 0 Å². The number of ether oxygens (including phenoxy) is 1. The smallest absolute Gasteiger partial charge is 0.251 e. The molecule has 2 heterocycles. The minimum Gasteiger partial charge on any atom is -0.497 e. The van der Waals surface area contributed by atoms with Crippen LogP contribution in [0.1, 0.15) is 34.8 Å². The maximum Gasteiger partial charge on any atom is 0.251 e. The van der Waals surface area contributed by atoms with E-state index < -0.39 is 0 Å². The summed E-state index contributed by atoms with van der Waals surface area (Å²) in [5, 5.41) is 11.4. The van der Waals surface area contributed by atoms with Gasteiger partial charge >= 0.3 is 0 Å². The fourth-order valence-corrected chi connectivity index (χ4v) is 4.43. The monoisotopic (exact) mass is 468 g/mol. The van der Waals surface area contributed by atoms with Crippen molar-refractivity contribution in [2.24, 2.45) is 0 Å². The third-order valence-electron chi connectivity index (χ3n) is 6.38. The average molecular weight is 469 g/mol. The van der Waals surface area contributed by atoms with Gasteiger partial charge in [-0.1, -0.05) is 30.3 Å². The van der Waals surface area contributed by atoms with E-state index in [0.717, 1.165) is 30.0 Å². The SMILES string of the molecule is COc1ccc(C(CNC(=O)c2ccc(-c3nnc(-c4ccccc4)o3)cc2)N2CCCC2)cc1. The van der Waals surface area contributed by atoms with Crippen LogP contribution >= 0.6 is 0 Å². The third kappa shape index (κ3) is 5.25. The number of methoxy groups -OCH3 is 1. The summed E-state index contributed by atoms with van der Waals surface area (Å²) in [6.45, 7) is 2.61. The van der Waals surface area contributed by atoms with E-state index >= 15 is 0 Å². The van der Waals surface area contributed by atoms with Crippen LogP contribution in [-0.4, -0.2) is 47.7 Å². The minimum absolute atomic E-state index is 0.107. The molecular formula is C28H28N4O3. The maximum atomic E-state index is 12.9. The number of amides is 1. The van der Waals surface area contributed by atoms with E-state index in [1.54, 1.807) is 19.2 Å². The molecule has 1 atom stereocenters. The summed E-state index contributed by atoms with van der Waals surface area (Å²) in [7, 11) is 1.67. The third-order valence-corrected chi connectivity index (χ3v) is 6.38. The zero-order valence-electron chi connectivity index (χ0n) is 19.7. The lowest BCUT2D eigenvalue weighted by Crippen LogP contribution is -2.36. The van der Waals surface area contributed by atoms with Gasteiger partial charge < -0.3 is 14.5 Å². The number of aromatic nitrogens is 2. The van der Waals surface area contributed by atoms with Crippen molar-refractivity contribution in [1.82, 2.24) is 20.4 Å². The molecule has 0 aliphatic carbocycles. The largest absolute Gasteiger partial charge is 0.497 e. The van der Waals surface area contributed by atoms with Gasteiger partial charge in [-0.15, -0.1) is 10.2 Å². The number of hydrogen-bond donors (Lipinski definition) is 1. The second kappa shape index (κ2) is 10.5. The van der Waals surface area contributed by atoms with Crippen LogP contribution in [-0.2, 0) is 0 Å². The molecule has 178 valence electrons. The number of rotatable bonds is 8. The Bertz CT molecular complexity index is 1250. The van der Waals surface area contributed by atoms with E-state index in [1.165, 1.54) is 18.4 Å². The molecule has 1 N–H and O–H groups in total. The van der Waals surface area contributed by atoms with Crippen molar-refractivity contribution in [1.29, 1.82) is 0 Å². The van der Waals surface area contributed by atoms with E-state index in [-0.39, 0.29) is 11.9 Å². The number of likely N-dealkylation sites (tertiary alicyclic amines) is 1. The number of nitrogens with zero attached hydrogens (tertiary/aromatic N) is 3. The first-order valence-corrected chi connectivity index (χ1v) is 11.9. The second-order valence-corrected chi connectivity index (χ2v) is 8.60. The highest BCUT2D eigenvalue weighted by Gasteiger charge is 2.24. The number of nitrogens with one attached hydrogen (secondary N) is 1. The first-order chi connectivity index (χ1) is 17.2. The molecule has 0 bridgehead atoms. The van der Waals surface area contributed by atoms with E-state index in [9.17, 15) is 4.79 Å². The van der Waals surface area contributed by atoms with Gasteiger partial charge in [-0.25, -0.2) is 0 Å². The van der Waals surface area contributed by atoms with Gasteiger partial charge in [0.2, 0.25) is 11.8 Å². The van der Waals surface area contributed by atoms with Crippen LogP contribution in [0, 0.1) is 0 Å². The molecule has 1 aromatic heterocycles. The first kappa shape index (κ1) is 22.8. The summed E-state index contributed by atoms with van der Waals surface area (Å²) in [5.41, 5.74) is 3.40. The second-order valence-electron chi connectivity index (χ2n) is 8.60. The van der Waals surface area contributed by atoms with Gasteiger partial charge in [0, 0.05) is 23.2 Å². The van der Waals surface area contributed by atoms with Gasteiger partial charge in [0.05, 0.1) is 13.2 Å². The van der Waals surface area contributed by atoms with Crippen LogP contribution in [0.5, 0.6) is 5.75 Å². The Morgan fingerprint density at radius 2 is 1.54 bits per heavy atom. The maximum absolute atomic E-state index is 12.9. The molecule has 1 amide bonds. The molecule has 4 aromatic rings. The molecular weight excluding hydrogens is 440 g/mol. The highest BCUT2D eigenvalue weighted by molar-refractivity contribution is 5.94. The molecule has 7 heteroatoms. The number of carbonyl (C=O) groups is 1. The van der Waals surface area contributed by atoms with Crippen LogP contribution < -0.4 is 10.1 Å². The summed E-state index contributed by atoms with van der Waals surface area (Å²) in [6, 6.07) is 25.1. The summed E-state index contributed by atoms with van der Waals surface area (Å²) < 4.78 is 11.1. The molecule has 0 saturated carbocycles. The minimum atomic E-state index is -0.107. The Labute approximate surface area is 204 Å². The van der Waals surface area contributed by atoms with E-state index in [4.69, 9.17) is 9.15 Å². The highest BCUT2D eigenvalue weighted by Crippen LogP contribution is 2.27. The van der Waals surface area contributed by atoms with Gasteiger partial charge in [-0.05, 0) is 80.0 Å². The molecule has 1 aliphatic heterocycles. The molecule has 3 aromatic carbocycles. The van der Waals surface area contributed by atoms with Crippen LogP contribution in [0.4, 0.5) is 0 Å². The van der Waals surface area contributed by atoms with E-state index in [1.807, 2.05) is 54.6 Å². The number of benzene rings is 3. The lowest BCUT2D eigenvalue weighted by Gasteiger charge is -2.28. The molecule has 7 nitrogen and oxygen atoms in total. The Kier molecular flexibility index (Phi) is 6.86. The van der Waals surface area contributed by atoms with E-state index in [0.29, 0.717) is 23.9 Å². The highest BCUT2D eigenvalue weighted by atomic mass is 16.5. The first-order valence-electron chi connectivity index (χ1n) is 11.9. The Morgan fingerprint density at radius 1 is 0.914 bits per heavy atom. The van der Waals surface area contributed by atoms with Crippen LogP contribution in [0.25, 0.3) is 22.9 Å². The summed E-state index contributed by atoms with van der Waals surface area (Å²) in [5.74, 6) is 1.61. The zero-order valence-corrected chi connectivity index (χ0v) is 19.7. The predicted molar refractivity (Wildman–Crippen MR) is 134 cm³/mol. The van der Waals surface area contributed by atoms with Crippen molar-refractivity contribution in [3.8, 4) is 28.7 Å². The molecule has 0 spiro atoms. The zero-order chi connectivity index (χ0) is 24.0. The van der Waals surface area contributed by atoms with Crippen molar-refractivity contribution in [2.45, 2.75) is 18.9 Å². The quantitative estimate of drug-likeness (QED) is 0.393. The van der Waals surface area contributed by atoms with Crippen molar-refractivity contribution < 1.29 is 13.9 Å². The molecule has 1 saturated heterocycles. The molecule has 1 unspecified atom stereocenters. The normalized spacial score (nSPS) is 14.5. The van der Waals surface area contributed by atoms with Crippen molar-refractivity contribution in [3.05, 3.63) is 90.0 Å². The molecule has 35 heavy (non-hydrogen) atoms. The lowest BCUT2D eigenvalue weighted by atomic mass is 10.0. The van der Waals surface area contributed by atoms with Crippen LogP contribution in [0.3, 0.4) is 0 Å². The topological polar surface area (TPSA) is 80.5 Å². The van der Waals surface area contributed by atoms with Crippen molar-refractivity contribution in [3.63, 3.8) is 0 Å². The Balaban J connectivity index is 1.25. The van der Waals surface area contributed by atoms with Crippen molar-refractivity contribution >= 4 is 5.91 Å². The Morgan fingerprint density at radius 3 is 2.17 bits per heavy atom. The lowest BCUT2D eigenvalue weighted by molar-refractivity contribution is 0.0938. The average Bonchev–Trinajstić information content (AvgIpc) is 3.63. The summed E-state index contributed by atoms with van der Waals surface area (Å²) in [6.07, 6.45) is 2.37. The summed E-state index contributed by atoms with van der Waals surface area (Å²) in [4.78, 5) is 15.4. The fraction of sp³-hybridized carbons (Fsp3) is 0.250. The van der Waals surface area contributed by atoms with Crippen LogP contribution in [0.2, 0.25) is 0 Å². The standard InChI is InChI=1S/C28H28N4O3/c1-34-24-15-13-20(14-16-24)25(32-17-5-6-18-32)19-29-26(33)21-9-11-23(12-10-21)28-31-30-27(35-28)22-7-3-2-4-8-22/h2-4,7-16,25H,5-6,17-19H2,1H3,(H,29,33). The fourth-order valence-electron chi connectivity index (χ4n) is 4.43. The van der Waals surface area contributed by atoms with Gasteiger partial charge in [-0.3, -0.25) is 9.69 Å². The van der Waals surface area contributed by atoms with Gasteiger partial charge in [0.1, 0.15) is 5.75 Å². The molecule has 1 fully saturated rings. The Hall–Kier alpha value is -3.97. The predicted octanol–water partition coefficient (Wildman–Crippen LogP) is 4.98. The molecule has 1 aliphatic rings. The van der Waals surface area contributed by atoms with Gasteiger partial charge in [0.25, 0.3) is 5.91 Å². The van der Waals surface area contributed by atoms with Gasteiger partial charge in [-0.2, -0.15) is 0 Å². The molecule has 0 radical (unpaired) electrons. The number of carbonyl (C=O) groups excluding carboxylic acids is 1. The van der Waals surface area contributed by atoms with Crippen molar-refractivity contribution in [2.75, 3.05) is 26.7 Å². The van der Waals surface area contributed by atoms with Crippen LogP contribution in [0.15, 0.2) is 83.3 Å².